The summed E-state index contributed by atoms with van der Waals surface area (Å²) in [6.45, 7) is 9.17. The number of carbonyl (C=O) groups is 6. The molecule has 15 nitrogen and oxygen atoms in total. The number of pyridine rings is 1. The Morgan fingerprint density at radius 1 is 0.758 bits per heavy atom. The van der Waals surface area contributed by atoms with Gasteiger partial charge in [-0.2, -0.15) is 5.10 Å². The third-order valence-electron chi connectivity index (χ3n) is 11.6. The van der Waals surface area contributed by atoms with Gasteiger partial charge in [-0.05, 0) is 98.2 Å². The van der Waals surface area contributed by atoms with Gasteiger partial charge in [-0.3, -0.25) is 33.8 Å². The van der Waals surface area contributed by atoms with Crippen molar-refractivity contribution in [2.24, 2.45) is 11.8 Å². The van der Waals surface area contributed by atoms with Crippen molar-refractivity contribution >= 4 is 46.5 Å². The van der Waals surface area contributed by atoms with E-state index < -0.39 is 24.2 Å². The van der Waals surface area contributed by atoms with E-state index in [1.807, 2.05) is 69.6 Å². The van der Waals surface area contributed by atoms with Crippen molar-refractivity contribution < 1.29 is 38.2 Å². The summed E-state index contributed by atoms with van der Waals surface area (Å²) >= 11 is 1.58. The number of benzene rings is 1. The number of ether oxygens (including phenoxy) is 2. The highest BCUT2D eigenvalue weighted by Gasteiger charge is 2.47. The quantitative estimate of drug-likeness (QED) is 0.199. The van der Waals surface area contributed by atoms with E-state index in [2.05, 4.69) is 20.7 Å². The molecule has 16 heteroatoms. The lowest BCUT2D eigenvalue weighted by molar-refractivity contribution is -0.142. The molecule has 328 valence electrons. The maximum Gasteiger partial charge on any atom is 0.253 e. The molecule has 4 aliphatic rings. The molecule has 0 spiro atoms. The molecule has 4 fully saturated rings. The third kappa shape index (κ3) is 10.4. The van der Waals surface area contributed by atoms with Crippen LogP contribution in [0.3, 0.4) is 0 Å². The molecule has 2 N–H and O–H groups in total. The average molecular weight is 866 g/mol. The molecular formula is C46H55N7O8S. The smallest absolute Gasteiger partial charge is 0.253 e. The summed E-state index contributed by atoms with van der Waals surface area (Å²) in [5.74, 6) is -0.779. The van der Waals surface area contributed by atoms with Crippen molar-refractivity contribution in [3.63, 3.8) is 0 Å². The molecular weight excluding hydrogens is 811 g/mol. The Labute approximate surface area is 365 Å². The molecule has 6 unspecified atom stereocenters. The summed E-state index contributed by atoms with van der Waals surface area (Å²) in [4.78, 5) is 85.9. The van der Waals surface area contributed by atoms with E-state index in [0.717, 1.165) is 41.8 Å². The molecule has 0 bridgehead atoms. The topological polar surface area (TPSA) is 182 Å². The summed E-state index contributed by atoms with van der Waals surface area (Å²) in [7, 11) is 0. The van der Waals surface area contributed by atoms with Gasteiger partial charge in [0, 0.05) is 53.9 Å². The predicted molar refractivity (Wildman–Crippen MR) is 231 cm³/mol. The van der Waals surface area contributed by atoms with Crippen LogP contribution in [0.4, 0.5) is 0 Å². The normalized spacial score (nSPS) is 21.8. The molecule has 4 aromatic rings. The van der Waals surface area contributed by atoms with Gasteiger partial charge in [-0.15, -0.1) is 11.3 Å². The van der Waals surface area contributed by atoms with Crippen LogP contribution < -0.4 is 10.6 Å². The maximum absolute atomic E-state index is 13.4. The molecule has 0 radical (unpaired) electrons. The first kappa shape index (κ1) is 44.5. The van der Waals surface area contributed by atoms with Crippen LogP contribution in [0, 0.1) is 11.8 Å². The van der Waals surface area contributed by atoms with E-state index >= 15 is 0 Å². The highest BCUT2D eigenvalue weighted by Crippen LogP contribution is 2.30. The van der Waals surface area contributed by atoms with Gasteiger partial charge in [-0.1, -0.05) is 33.8 Å². The minimum atomic E-state index is -0.704. The molecule has 4 aliphatic heterocycles. The highest BCUT2D eigenvalue weighted by molar-refractivity contribution is 7.13. The van der Waals surface area contributed by atoms with Gasteiger partial charge in [0.15, 0.2) is 11.6 Å². The summed E-state index contributed by atoms with van der Waals surface area (Å²) in [6.07, 6.45) is 10.4. The molecule has 3 aromatic heterocycles. The zero-order chi connectivity index (χ0) is 43.9. The van der Waals surface area contributed by atoms with E-state index in [0.29, 0.717) is 37.1 Å². The Hall–Kier alpha value is -5.58. The van der Waals surface area contributed by atoms with Crippen LogP contribution in [0.5, 0.6) is 0 Å². The van der Waals surface area contributed by atoms with Crippen molar-refractivity contribution in [1.82, 2.24) is 35.2 Å². The number of rotatable bonds is 12. The molecule has 0 saturated carbocycles. The Morgan fingerprint density at radius 2 is 1.32 bits per heavy atom. The molecule has 62 heavy (non-hydrogen) atoms. The van der Waals surface area contributed by atoms with Gasteiger partial charge < -0.3 is 29.9 Å². The lowest BCUT2D eigenvalue weighted by Crippen LogP contribution is -2.58. The van der Waals surface area contributed by atoms with E-state index in [-0.39, 0.29) is 72.5 Å². The van der Waals surface area contributed by atoms with E-state index in [1.54, 1.807) is 56.4 Å². The number of ketones is 2. The number of nitrogens with one attached hydrogen (secondary N) is 2. The molecule has 8 rings (SSSR count). The van der Waals surface area contributed by atoms with E-state index in [9.17, 15) is 28.8 Å². The number of thiophene rings is 1. The molecule has 7 heterocycles. The first-order valence-electron chi connectivity index (χ1n) is 21.5. The SMILES string of the molecule is CC(C)CC(NC(=O)c1ccc(-n2cccn2)cc1)C(=O)N1CCCC2OCC(=O)C21.CC(C)CC(NC(=O)c1cncc(-c2cccs2)c1)C(=O)N1CCCC2OCC(=O)C21. The molecule has 4 saturated heterocycles. The zero-order valence-electron chi connectivity index (χ0n) is 35.6. The van der Waals surface area contributed by atoms with Gasteiger partial charge in [-0.25, -0.2) is 4.68 Å². The minimum absolute atomic E-state index is 0.0538. The van der Waals surface area contributed by atoms with Crippen LogP contribution in [-0.4, -0.2) is 122 Å². The largest absolute Gasteiger partial charge is 0.368 e. The number of piperidine rings is 2. The Bertz CT molecular complexity index is 2210. The molecule has 0 aliphatic carbocycles. The van der Waals surface area contributed by atoms with Crippen molar-refractivity contribution in [2.45, 2.75) is 103 Å². The fourth-order valence-corrected chi connectivity index (χ4v) is 9.38. The van der Waals surface area contributed by atoms with Crippen molar-refractivity contribution in [3.05, 3.63) is 89.8 Å². The van der Waals surface area contributed by atoms with Crippen LogP contribution >= 0.6 is 11.3 Å². The number of amides is 4. The van der Waals surface area contributed by atoms with Crippen LogP contribution in [0.15, 0.2) is 78.7 Å². The minimum Gasteiger partial charge on any atom is -0.368 e. The number of aromatic nitrogens is 3. The average Bonchev–Trinajstić information content (AvgIpc) is 4.12. The van der Waals surface area contributed by atoms with Gasteiger partial charge in [0.05, 0.1) is 23.5 Å². The van der Waals surface area contributed by atoms with Gasteiger partial charge in [0.1, 0.15) is 37.4 Å². The van der Waals surface area contributed by atoms with E-state index in [4.69, 9.17) is 9.47 Å². The Morgan fingerprint density at radius 3 is 1.82 bits per heavy atom. The predicted octanol–water partition coefficient (Wildman–Crippen LogP) is 4.89. The highest BCUT2D eigenvalue weighted by atomic mass is 32.1. The number of Topliss-reactive ketones (excluding diaryl/α,β-unsaturated/α-hetero) is 2. The van der Waals surface area contributed by atoms with Crippen molar-refractivity contribution in [3.8, 4) is 16.1 Å². The summed E-state index contributed by atoms with van der Waals surface area (Å²) in [5.41, 5.74) is 2.58. The third-order valence-corrected chi connectivity index (χ3v) is 12.5. The second kappa shape index (κ2) is 20.1. The van der Waals surface area contributed by atoms with Gasteiger partial charge in [0.2, 0.25) is 11.8 Å². The monoisotopic (exact) mass is 865 g/mol. The first-order chi connectivity index (χ1) is 29.9. The first-order valence-corrected chi connectivity index (χ1v) is 22.4. The second-order valence-electron chi connectivity index (χ2n) is 17.1. The molecule has 4 amide bonds. The van der Waals surface area contributed by atoms with Crippen molar-refractivity contribution in [1.29, 1.82) is 0 Å². The Kier molecular flexibility index (Phi) is 14.4. The number of nitrogens with zero attached hydrogens (tertiary/aromatic N) is 5. The number of fused-ring (bicyclic) bond motifs is 2. The molecule has 6 atom stereocenters. The number of likely N-dealkylation sites (tertiary alicyclic amines) is 2. The van der Waals surface area contributed by atoms with Crippen molar-refractivity contribution in [2.75, 3.05) is 26.3 Å². The second-order valence-corrected chi connectivity index (χ2v) is 18.1. The van der Waals surface area contributed by atoms with Crippen LogP contribution in [0.2, 0.25) is 0 Å². The zero-order valence-corrected chi connectivity index (χ0v) is 36.4. The van der Waals surface area contributed by atoms with Crippen LogP contribution in [0.25, 0.3) is 16.1 Å². The van der Waals surface area contributed by atoms with Gasteiger partial charge in [0.25, 0.3) is 11.8 Å². The summed E-state index contributed by atoms with van der Waals surface area (Å²) in [6, 6.07) is 12.1. The van der Waals surface area contributed by atoms with Crippen LogP contribution in [-0.2, 0) is 28.7 Å². The maximum atomic E-state index is 13.4. The standard InChI is InChI=1S/C23H28N4O4.C23H27N3O4S/c1-15(2)13-18(23(30)26-11-3-5-20-21(26)19(28)14-31-20)25-22(29)16-6-8-17(9-7-16)27-12-4-10-24-27;1-14(2)9-17(23(29)26-7-3-5-19-21(26)18(27)13-30-19)25-22(28)16-10-15(11-24-12-16)20-6-4-8-31-20/h4,6-10,12,15,18,20-21H,3,5,11,13-14H2,1-2H3,(H,25,29);4,6,8,10-12,14,17,19,21H,3,5,7,9,13H2,1-2H3,(H,25,28). The fourth-order valence-electron chi connectivity index (χ4n) is 8.67. The Balaban J connectivity index is 0.000000186. The summed E-state index contributed by atoms with van der Waals surface area (Å²) in [5, 5.41) is 12.0. The van der Waals surface area contributed by atoms with Gasteiger partial charge >= 0.3 is 0 Å². The number of hydrogen-bond acceptors (Lipinski definition) is 11. The number of hydrogen-bond donors (Lipinski definition) is 2. The van der Waals surface area contributed by atoms with E-state index in [1.165, 1.54) is 6.20 Å². The van der Waals surface area contributed by atoms with Crippen LogP contribution in [0.1, 0.15) is 86.9 Å². The fraction of sp³-hybridized carbons (Fsp3) is 0.478. The number of carbonyl (C=O) groups excluding carboxylic acids is 6. The molecule has 1 aromatic carbocycles. The summed E-state index contributed by atoms with van der Waals surface area (Å²) < 4.78 is 12.8. The lowest BCUT2D eigenvalue weighted by Gasteiger charge is -2.37. The lowest BCUT2D eigenvalue weighted by atomic mass is 9.95.